The second-order valence-electron chi connectivity index (χ2n) is 2.54. The van der Waals surface area contributed by atoms with E-state index in [2.05, 4.69) is 25.3 Å². The van der Waals surface area contributed by atoms with Crippen molar-refractivity contribution >= 4 is 35.7 Å². The van der Waals surface area contributed by atoms with Crippen LogP contribution >= 0.6 is 25.3 Å². The fourth-order valence-corrected chi connectivity index (χ4v) is 1.49. The summed E-state index contributed by atoms with van der Waals surface area (Å²) in [7, 11) is 0. The van der Waals surface area contributed by atoms with E-state index in [1.54, 1.807) is 9.80 Å². The summed E-state index contributed by atoms with van der Waals surface area (Å²) in [5.41, 5.74) is 0. The third-order valence-electron chi connectivity index (χ3n) is 1.82. The number of amides is 2. The molecule has 7 heteroatoms. The first-order chi connectivity index (χ1) is 5.61. The summed E-state index contributed by atoms with van der Waals surface area (Å²) in [6.07, 6.45) is 0. The van der Waals surface area contributed by atoms with E-state index < -0.39 is 0 Å². The molecule has 1 heterocycles. The van der Waals surface area contributed by atoms with Crippen LogP contribution in [0.15, 0.2) is 0 Å². The Morgan fingerprint density at radius 1 is 0.923 bits per heavy atom. The Balaban J connectivity index is 0. The number of carbonyl (C=O) groups excluding carboxylic acids is 2. The predicted molar refractivity (Wildman–Crippen MR) is 53.0 cm³/mol. The van der Waals surface area contributed by atoms with E-state index in [4.69, 9.17) is 0 Å². The first kappa shape index (κ1) is 14.3. The molecular formula is C6H11KN2O2S2. The molecule has 4 nitrogen and oxygen atoms in total. The first-order valence-electron chi connectivity index (χ1n) is 3.57. The summed E-state index contributed by atoms with van der Waals surface area (Å²) in [6.45, 7) is 2.20. The molecule has 0 aromatic rings. The van der Waals surface area contributed by atoms with Gasteiger partial charge in [0.25, 0.3) is 10.5 Å². The Bertz CT molecular complexity index is 190. The van der Waals surface area contributed by atoms with Crippen LogP contribution in [0, 0.1) is 0 Å². The molecule has 0 radical (unpaired) electrons. The fraction of sp³-hybridized carbons (Fsp3) is 0.667. The molecule has 0 aromatic carbocycles. The molecular weight excluding hydrogens is 235 g/mol. The number of carbonyl (C=O) groups is 2. The van der Waals surface area contributed by atoms with Crippen molar-refractivity contribution in [3.05, 3.63) is 0 Å². The maximum Gasteiger partial charge on any atom is 1.00 e. The van der Waals surface area contributed by atoms with Crippen LogP contribution in [0.4, 0.5) is 9.59 Å². The van der Waals surface area contributed by atoms with Gasteiger partial charge >= 0.3 is 51.4 Å². The zero-order valence-electron chi connectivity index (χ0n) is 8.43. The zero-order valence-corrected chi connectivity index (χ0v) is 12.3. The molecule has 0 saturated carbocycles. The molecule has 0 bridgehead atoms. The molecule has 1 aliphatic rings. The molecule has 0 aliphatic carbocycles. The molecule has 0 aromatic heterocycles. The van der Waals surface area contributed by atoms with Crippen molar-refractivity contribution in [3.63, 3.8) is 0 Å². The summed E-state index contributed by atoms with van der Waals surface area (Å²) in [5.74, 6) is 0. The van der Waals surface area contributed by atoms with Crippen molar-refractivity contribution in [1.29, 1.82) is 0 Å². The van der Waals surface area contributed by atoms with Gasteiger partial charge in [-0.1, -0.05) is 25.3 Å². The Kier molecular flexibility index (Phi) is 7.36. The average molecular weight is 246 g/mol. The normalized spacial score (nSPS) is 16.5. The van der Waals surface area contributed by atoms with Crippen molar-refractivity contribution in [2.45, 2.75) is 0 Å². The maximum absolute atomic E-state index is 10.7. The molecule has 0 unspecified atom stereocenters. The molecule has 70 valence electrons. The second-order valence-corrected chi connectivity index (χ2v) is 3.30. The standard InChI is InChI=1S/C6H10N2O2S2.K.H/c9-5(11)7-1-2-8(4-3-7)6(10)12;;/h1-4H2,(H,9,11)(H,10,12);;/q;+1;-1. The van der Waals surface area contributed by atoms with Gasteiger partial charge in [-0.25, -0.2) is 0 Å². The molecule has 2 amide bonds. The maximum atomic E-state index is 10.7. The minimum absolute atomic E-state index is 0. The summed E-state index contributed by atoms with van der Waals surface area (Å²) in [5, 5.41) is -0.470. The van der Waals surface area contributed by atoms with E-state index in [1.165, 1.54) is 0 Å². The van der Waals surface area contributed by atoms with Gasteiger partial charge in [0, 0.05) is 26.2 Å². The molecule has 1 aliphatic heterocycles. The smallest absolute Gasteiger partial charge is 1.00 e. The van der Waals surface area contributed by atoms with Gasteiger partial charge in [-0.05, 0) is 0 Å². The minimum atomic E-state index is -0.235. The van der Waals surface area contributed by atoms with Gasteiger partial charge in [0.05, 0.1) is 0 Å². The van der Waals surface area contributed by atoms with Gasteiger partial charge in [-0.15, -0.1) is 0 Å². The summed E-state index contributed by atoms with van der Waals surface area (Å²) < 4.78 is 0. The average Bonchev–Trinajstić information content (AvgIpc) is 2.04. The van der Waals surface area contributed by atoms with E-state index in [0.29, 0.717) is 26.2 Å². The Labute approximate surface area is 132 Å². The molecule has 1 fully saturated rings. The van der Waals surface area contributed by atoms with E-state index in [-0.39, 0.29) is 63.3 Å². The van der Waals surface area contributed by atoms with Gasteiger partial charge in [-0.3, -0.25) is 9.59 Å². The number of nitrogens with zero attached hydrogens (tertiary/aromatic N) is 2. The van der Waals surface area contributed by atoms with Gasteiger partial charge in [0.1, 0.15) is 0 Å². The van der Waals surface area contributed by atoms with Crippen molar-refractivity contribution in [3.8, 4) is 0 Å². The summed E-state index contributed by atoms with van der Waals surface area (Å²) in [6, 6.07) is 0. The zero-order chi connectivity index (χ0) is 9.14. The number of hydrogen-bond donors (Lipinski definition) is 2. The topological polar surface area (TPSA) is 40.6 Å². The van der Waals surface area contributed by atoms with Crippen LogP contribution in [-0.2, 0) is 0 Å². The van der Waals surface area contributed by atoms with E-state index in [1.807, 2.05) is 0 Å². The second kappa shape index (κ2) is 6.70. The number of rotatable bonds is 0. The van der Waals surface area contributed by atoms with Crippen molar-refractivity contribution in [2.75, 3.05) is 26.2 Å². The van der Waals surface area contributed by atoms with Crippen LogP contribution in [0.2, 0.25) is 0 Å². The monoisotopic (exact) mass is 246 g/mol. The van der Waals surface area contributed by atoms with Crippen molar-refractivity contribution in [2.24, 2.45) is 0 Å². The Hall–Kier alpha value is 1.28. The molecule has 1 rings (SSSR count). The third-order valence-corrected chi connectivity index (χ3v) is 2.39. The van der Waals surface area contributed by atoms with Crippen LogP contribution in [-0.4, -0.2) is 46.5 Å². The predicted octanol–water partition coefficient (Wildman–Crippen LogP) is -2.18. The quantitative estimate of drug-likeness (QED) is 0.377. The van der Waals surface area contributed by atoms with Crippen LogP contribution in [0.25, 0.3) is 0 Å². The molecule has 0 atom stereocenters. The Morgan fingerprint density at radius 2 is 1.15 bits per heavy atom. The number of hydrogen-bond acceptors (Lipinski definition) is 2. The van der Waals surface area contributed by atoms with Crippen molar-refractivity contribution < 1.29 is 62.4 Å². The van der Waals surface area contributed by atoms with Crippen LogP contribution in [0.3, 0.4) is 0 Å². The minimum Gasteiger partial charge on any atom is -1.00 e. The van der Waals surface area contributed by atoms with Gasteiger partial charge < -0.3 is 11.2 Å². The molecule has 0 N–H and O–H groups in total. The first-order valence-corrected chi connectivity index (χ1v) is 4.46. The SMILES string of the molecule is O=C(S)N1CCN(C(=O)S)CC1.[H-].[K+]. The van der Waals surface area contributed by atoms with Gasteiger partial charge in [0.15, 0.2) is 0 Å². The Morgan fingerprint density at radius 3 is 1.31 bits per heavy atom. The number of piperazine rings is 1. The molecule has 1 saturated heterocycles. The van der Waals surface area contributed by atoms with E-state index >= 15 is 0 Å². The third kappa shape index (κ3) is 4.54. The number of thiol groups is 2. The summed E-state index contributed by atoms with van der Waals surface area (Å²) in [4.78, 5) is 24.7. The largest absolute Gasteiger partial charge is 1.00 e. The molecule has 13 heavy (non-hydrogen) atoms. The van der Waals surface area contributed by atoms with E-state index in [0.717, 1.165) is 0 Å². The van der Waals surface area contributed by atoms with E-state index in [9.17, 15) is 9.59 Å². The molecule has 0 spiro atoms. The van der Waals surface area contributed by atoms with Crippen LogP contribution < -0.4 is 51.4 Å². The fourth-order valence-electron chi connectivity index (χ4n) is 1.09. The van der Waals surface area contributed by atoms with Crippen LogP contribution in [0.1, 0.15) is 1.43 Å². The van der Waals surface area contributed by atoms with Crippen molar-refractivity contribution in [1.82, 2.24) is 9.80 Å². The van der Waals surface area contributed by atoms with Crippen LogP contribution in [0.5, 0.6) is 0 Å². The van der Waals surface area contributed by atoms with Gasteiger partial charge in [0.2, 0.25) is 0 Å². The van der Waals surface area contributed by atoms with Gasteiger partial charge in [-0.2, -0.15) is 0 Å². The summed E-state index contributed by atoms with van der Waals surface area (Å²) >= 11 is 7.37.